The second-order valence-corrected chi connectivity index (χ2v) is 7.16. The highest BCUT2D eigenvalue weighted by Crippen LogP contribution is 2.26. The molecule has 0 unspecified atom stereocenters. The number of rotatable bonds is 5. The monoisotopic (exact) mass is 331 g/mol. The Hall–Kier alpha value is -1.82. The summed E-state index contributed by atoms with van der Waals surface area (Å²) >= 11 is 1.42. The maximum atomic E-state index is 12.2. The number of carbonyl (C=O) groups is 2. The van der Waals surface area contributed by atoms with Gasteiger partial charge in [-0.15, -0.1) is 0 Å². The van der Waals surface area contributed by atoms with Crippen LogP contribution in [0.25, 0.3) is 11.0 Å². The molecule has 0 spiro atoms. The van der Waals surface area contributed by atoms with Crippen LogP contribution in [0.15, 0.2) is 29.4 Å². The fourth-order valence-corrected chi connectivity index (χ4v) is 3.72. The van der Waals surface area contributed by atoms with Crippen LogP contribution < -0.4 is 0 Å². The van der Waals surface area contributed by atoms with Gasteiger partial charge in [0.1, 0.15) is 0 Å². The van der Waals surface area contributed by atoms with E-state index in [0.717, 1.165) is 29.2 Å². The van der Waals surface area contributed by atoms with Crippen molar-refractivity contribution in [2.45, 2.75) is 38.4 Å². The third-order valence-electron chi connectivity index (χ3n) is 3.87. The number of imidazole rings is 1. The molecule has 0 bridgehead atoms. The Morgan fingerprint density at radius 1 is 1.35 bits per heavy atom. The van der Waals surface area contributed by atoms with Crippen molar-refractivity contribution in [2.24, 2.45) is 5.92 Å². The lowest BCUT2D eigenvalue weighted by atomic mass is 10.2. The van der Waals surface area contributed by atoms with Crippen molar-refractivity contribution < 1.29 is 9.59 Å². The molecule has 0 radical (unpaired) electrons. The summed E-state index contributed by atoms with van der Waals surface area (Å²) in [6.07, 6.45) is 1.27. The minimum Gasteiger partial charge on any atom is -0.319 e. The van der Waals surface area contributed by atoms with E-state index in [1.165, 1.54) is 16.7 Å². The summed E-state index contributed by atoms with van der Waals surface area (Å²) in [6, 6.07) is 8.02. The van der Waals surface area contributed by atoms with Gasteiger partial charge in [0.25, 0.3) is 0 Å². The van der Waals surface area contributed by atoms with Crippen LogP contribution in [0, 0.1) is 5.92 Å². The van der Waals surface area contributed by atoms with E-state index in [1.54, 1.807) is 0 Å². The van der Waals surface area contributed by atoms with E-state index in [0.29, 0.717) is 18.9 Å². The van der Waals surface area contributed by atoms with Crippen LogP contribution in [0.4, 0.5) is 0 Å². The number of hydrogen-bond donors (Lipinski definition) is 0. The molecule has 2 aromatic rings. The van der Waals surface area contributed by atoms with Crippen molar-refractivity contribution in [3.63, 3.8) is 0 Å². The molecule has 122 valence electrons. The smallest absolute Gasteiger partial charge is 0.239 e. The zero-order valence-electron chi connectivity index (χ0n) is 13.5. The number of imide groups is 1. The largest absolute Gasteiger partial charge is 0.319 e. The zero-order valence-corrected chi connectivity index (χ0v) is 14.3. The highest BCUT2D eigenvalue weighted by Gasteiger charge is 2.26. The number of amides is 2. The Balaban J connectivity index is 1.79. The standard InChI is InChI=1S/C17H21N3O2S/c1-12(2)10-20-14-7-4-3-6-13(14)18-17(20)23-11-16(22)19-9-5-8-15(19)21/h3-4,6-7,12H,5,8-11H2,1-2H3. The fourth-order valence-electron chi connectivity index (χ4n) is 2.82. The lowest BCUT2D eigenvalue weighted by Gasteiger charge is -2.14. The number of nitrogens with zero attached hydrogens (tertiary/aromatic N) is 3. The fraction of sp³-hybridized carbons (Fsp3) is 0.471. The van der Waals surface area contributed by atoms with Crippen molar-refractivity contribution in [1.29, 1.82) is 0 Å². The average Bonchev–Trinajstić information content (AvgIpc) is 3.09. The van der Waals surface area contributed by atoms with Crippen LogP contribution >= 0.6 is 11.8 Å². The second kappa shape index (κ2) is 6.74. The van der Waals surface area contributed by atoms with Crippen molar-refractivity contribution in [2.75, 3.05) is 12.3 Å². The van der Waals surface area contributed by atoms with Gasteiger partial charge in [-0.3, -0.25) is 14.5 Å². The Morgan fingerprint density at radius 2 is 2.13 bits per heavy atom. The van der Waals surface area contributed by atoms with Gasteiger partial charge < -0.3 is 4.57 Å². The molecule has 2 amide bonds. The number of thioether (sulfide) groups is 1. The molecule has 0 atom stereocenters. The molecule has 1 fully saturated rings. The van der Waals surface area contributed by atoms with Crippen LogP contribution in [0.5, 0.6) is 0 Å². The number of benzene rings is 1. The van der Waals surface area contributed by atoms with Gasteiger partial charge in [0.15, 0.2) is 5.16 Å². The molecule has 1 aromatic heterocycles. The van der Waals surface area contributed by atoms with E-state index in [1.807, 2.05) is 18.2 Å². The van der Waals surface area contributed by atoms with E-state index >= 15 is 0 Å². The predicted octanol–water partition coefficient (Wildman–Crippen LogP) is 2.93. The van der Waals surface area contributed by atoms with Gasteiger partial charge in [-0.05, 0) is 24.5 Å². The quantitative estimate of drug-likeness (QED) is 0.791. The van der Waals surface area contributed by atoms with E-state index in [9.17, 15) is 9.59 Å². The Labute approximate surface area is 140 Å². The van der Waals surface area contributed by atoms with Crippen LogP contribution in [-0.2, 0) is 16.1 Å². The predicted molar refractivity (Wildman–Crippen MR) is 91.2 cm³/mol. The minimum atomic E-state index is -0.111. The number of carbonyl (C=O) groups excluding carboxylic acids is 2. The van der Waals surface area contributed by atoms with Gasteiger partial charge in [0.2, 0.25) is 11.8 Å². The molecule has 1 aliphatic heterocycles. The van der Waals surface area contributed by atoms with Gasteiger partial charge in [-0.25, -0.2) is 4.98 Å². The number of para-hydroxylation sites is 2. The highest BCUT2D eigenvalue weighted by molar-refractivity contribution is 7.99. The molecular weight excluding hydrogens is 310 g/mol. The van der Waals surface area contributed by atoms with E-state index in [2.05, 4.69) is 29.5 Å². The van der Waals surface area contributed by atoms with Crippen LogP contribution in [-0.4, -0.2) is 38.6 Å². The van der Waals surface area contributed by atoms with Gasteiger partial charge in [-0.1, -0.05) is 37.7 Å². The zero-order chi connectivity index (χ0) is 16.4. The third-order valence-corrected chi connectivity index (χ3v) is 4.83. The summed E-state index contributed by atoms with van der Waals surface area (Å²) < 4.78 is 2.17. The van der Waals surface area contributed by atoms with Crippen molar-refractivity contribution >= 4 is 34.6 Å². The lowest BCUT2D eigenvalue weighted by molar-refractivity contribution is -0.140. The molecule has 3 rings (SSSR count). The molecular formula is C17H21N3O2S. The first-order valence-electron chi connectivity index (χ1n) is 7.97. The molecule has 1 saturated heterocycles. The molecule has 0 N–H and O–H groups in total. The maximum absolute atomic E-state index is 12.2. The van der Waals surface area contributed by atoms with Crippen molar-refractivity contribution in [3.8, 4) is 0 Å². The van der Waals surface area contributed by atoms with E-state index < -0.39 is 0 Å². The maximum Gasteiger partial charge on any atom is 0.239 e. The lowest BCUT2D eigenvalue weighted by Crippen LogP contribution is -2.33. The Bertz CT molecular complexity index is 739. The second-order valence-electron chi connectivity index (χ2n) is 6.22. The first-order chi connectivity index (χ1) is 11.1. The van der Waals surface area contributed by atoms with Crippen LogP contribution in [0.3, 0.4) is 0 Å². The molecule has 0 saturated carbocycles. The molecule has 5 nitrogen and oxygen atoms in total. The summed E-state index contributed by atoms with van der Waals surface area (Å²) in [5, 5.41) is 0.847. The first-order valence-corrected chi connectivity index (χ1v) is 8.96. The minimum absolute atomic E-state index is 0.0497. The van der Waals surface area contributed by atoms with Crippen LogP contribution in [0.2, 0.25) is 0 Å². The molecule has 2 heterocycles. The SMILES string of the molecule is CC(C)Cn1c(SCC(=O)N2CCCC2=O)nc2ccccc21. The number of likely N-dealkylation sites (tertiary alicyclic amines) is 1. The Kier molecular flexibility index (Phi) is 4.71. The van der Waals surface area contributed by atoms with Gasteiger partial charge in [-0.2, -0.15) is 0 Å². The summed E-state index contributed by atoms with van der Waals surface area (Å²) in [5.41, 5.74) is 2.04. The number of hydrogen-bond acceptors (Lipinski definition) is 4. The molecule has 6 heteroatoms. The van der Waals surface area contributed by atoms with Crippen LogP contribution in [0.1, 0.15) is 26.7 Å². The molecule has 1 aliphatic rings. The van der Waals surface area contributed by atoms with Gasteiger partial charge in [0.05, 0.1) is 16.8 Å². The molecule has 23 heavy (non-hydrogen) atoms. The number of aromatic nitrogens is 2. The summed E-state index contributed by atoms with van der Waals surface area (Å²) in [6.45, 7) is 5.74. The number of fused-ring (bicyclic) bond motifs is 1. The topological polar surface area (TPSA) is 55.2 Å². The summed E-state index contributed by atoms with van der Waals surface area (Å²) in [5.74, 6) is 0.586. The molecule has 0 aliphatic carbocycles. The molecule has 1 aromatic carbocycles. The van der Waals surface area contributed by atoms with E-state index in [4.69, 9.17) is 0 Å². The third kappa shape index (κ3) is 3.42. The van der Waals surface area contributed by atoms with Crippen molar-refractivity contribution in [1.82, 2.24) is 14.5 Å². The van der Waals surface area contributed by atoms with Crippen molar-refractivity contribution in [3.05, 3.63) is 24.3 Å². The summed E-state index contributed by atoms with van der Waals surface area (Å²) in [7, 11) is 0. The first kappa shape index (κ1) is 16.1. The average molecular weight is 331 g/mol. The Morgan fingerprint density at radius 3 is 2.83 bits per heavy atom. The highest BCUT2D eigenvalue weighted by atomic mass is 32.2. The van der Waals surface area contributed by atoms with Gasteiger partial charge >= 0.3 is 0 Å². The van der Waals surface area contributed by atoms with Gasteiger partial charge in [0, 0.05) is 19.5 Å². The van der Waals surface area contributed by atoms with E-state index in [-0.39, 0.29) is 17.6 Å². The normalized spacial score (nSPS) is 15.1. The summed E-state index contributed by atoms with van der Waals surface area (Å²) in [4.78, 5) is 29.9.